The SMILES string of the molecule is CC(C)CNc1ccc(C(=O)NCc2ccccc2Cl)nc1. The van der Waals surface area contributed by atoms with Crippen LogP contribution in [-0.2, 0) is 6.54 Å². The number of nitrogens with zero attached hydrogens (tertiary/aromatic N) is 1. The molecule has 2 N–H and O–H groups in total. The number of hydrogen-bond acceptors (Lipinski definition) is 3. The van der Waals surface area contributed by atoms with Crippen LogP contribution < -0.4 is 10.6 Å². The zero-order chi connectivity index (χ0) is 15.9. The number of halogens is 1. The molecular weight excluding hydrogens is 298 g/mol. The van der Waals surface area contributed by atoms with Crippen LogP contribution in [0.25, 0.3) is 0 Å². The normalized spacial score (nSPS) is 10.5. The summed E-state index contributed by atoms with van der Waals surface area (Å²) < 4.78 is 0. The molecule has 0 aliphatic carbocycles. The van der Waals surface area contributed by atoms with Gasteiger partial charge in [0.15, 0.2) is 0 Å². The van der Waals surface area contributed by atoms with E-state index in [2.05, 4.69) is 29.5 Å². The largest absolute Gasteiger partial charge is 0.384 e. The molecule has 1 heterocycles. The van der Waals surface area contributed by atoms with Crippen molar-refractivity contribution in [1.29, 1.82) is 0 Å². The maximum Gasteiger partial charge on any atom is 0.270 e. The van der Waals surface area contributed by atoms with E-state index < -0.39 is 0 Å². The first kappa shape index (κ1) is 16.3. The summed E-state index contributed by atoms with van der Waals surface area (Å²) in [5, 5.41) is 6.73. The average molecular weight is 318 g/mol. The van der Waals surface area contributed by atoms with Crippen LogP contribution in [-0.4, -0.2) is 17.4 Å². The number of anilines is 1. The van der Waals surface area contributed by atoms with Gasteiger partial charge < -0.3 is 10.6 Å². The number of carbonyl (C=O) groups is 1. The van der Waals surface area contributed by atoms with Gasteiger partial charge in [0, 0.05) is 18.1 Å². The standard InChI is InChI=1S/C17H20ClN3O/c1-12(2)9-19-14-7-8-16(20-11-14)17(22)21-10-13-5-3-4-6-15(13)18/h3-8,11-12,19H,9-10H2,1-2H3,(H,21,22). The van der Waals surface area contributed by atoms with Crippen LogP contribution in [0.3, 0.4) is 0 Å². The number of rotatable bonds is 6. The van der Waals surface area contributed by atoms with Crippen LogP contribution in [0, 0.1) is 5.92 Å². The van der Waals surface area contributed by atoms with E-state index in [1.807, 2.05) is 24.3 Å². The van der Waals surface area contributed by atoms with Gasteiger partial charge in [-0.2, -0.15) is 0 Å². The van der Waals surface area contributed by atoms with Gasteiger partial charge in [0.2, 0.25) is 0 Å². The summed E-state index contributed by atoms with van der Waals surface area (Å²) >= 11 is 6.06. The fraction of sp³-hybridized carbons (Fsp3) is 0.294. The molecule has 1 aromatic carbocycles. The first-order valence-electron chi connectivity index (χ1n) is 7.28. The average Bonchev–Trinajstić information content (AvgIpc) is 2.52. The highest BCUT2D eigenvalue weighted by Crippen LogP contribution is 2.14. The van der Waals surface area contributed by atoms with Crippen molar-refractivity contribution >= 4 is 23.2 Å². The van der Waals surface area contributed by atoms with Crippen molar-refractivity contribution in [3.05, 3.63) is 58.9 Å². The van der Waals surface area contributed by atoms with Gasteiger partial charge in [-0.15, -0.1) is 0 Å². The second-order valence-electron chi connectivity index (χ2n) is 5.48. The van der Waals surface area contributed by atoms with E-state index in [1.165, 1.54) is 0 Å². The maximum absolute atomic E-state index is 12.1. The van der Waals surface area contributed by atoms with Gasteiger partial charge in [-0.05, 0) is 29.7 Å². The van der Waals surface area contributed by atoms with E-state index in [-0.39, 0.29) is 5.91 Å². The lowest BCUT2D eigenvalue weighted by atomic mass is 10.2. The number of benzene rings is 1. The molecule has 0 spiro atoms. The van der Waals surface area contributed by atoms with Gasteiger partial charge in [-0.1, -0.05) is 43.6 Å². The monoisotopic (exact) mass is 317 g/mol. The molecule has 0 aliphatic heterocycles. The molecule has 116 valence electrons. The minimum absolute atomic E-state index is 0.213. The molecule has 2 rings (SSSR count). The third-order valence-electron chi connectivity index (χ3n) is 3.11. The van der Waals surface area contributed by atoms with Gasteiger partial charge in [-0.3, -0.25) is 4.79 Å². The summed E-state index contributed by atoms with van der Waals surface area (Å²) in [5.41, 5.74) is 2.19. The molecule has 5 heteroatoms. The fourth-order valence-corrected chi connectivity index (χ4v) is 2.07. The summed E-state index contributed by atoms with van der Waals surface area (Å²) in [7, 11) is 0. The maximum atomic E-state index is 12.1. The molecule has 0 bridgehead atoms. The van der Waals surface area contributed by atoms with Gasteiger partial charge in [0.1, 0.15) is 5.69 Å². The minimum Gasteiger partial charge on any atom is -0.384 e. The van der Waals surface area contributed by atoms with Crippen molar-refractivity contribution in [3.8, 4) is 0 Å². The smallest absolute Gasteiger partial charge is 0.270 e. The van der Waals surface area contributed by atoms with Crippen molar-refractivity contribution in [3.63, 3.8) is 0 Å². The molecule has 4 nitrogen and oxygen atoms in total. The Kier molecular flexibility index (Phi) is 5.78. The Bertz CT molecular complexity index is 626. The number of pyridine rings is 1. The molecule has 0 unspecified atom stereocenters. The summed E-state index contributed by atoms with van der Waals surface area (Å²) in [6.45, 7) is 5.53. The lowest BCUT2D eigenvalue weighted by Crippen LogP contribution is -2.24. The number of nitrogens with one attached hydrogen (secondary N) is 2. The third-order valence-corrected chi connectivity index (χ3v) is 3.48. The predicted molar refractivity (Wildman–Crippen MR) is 90.2 cm³/mol. The Balaban J connectivity index is 1.91. The van der Waals surface area contributed by atoms with Crippen LogP contribution in [0.4, 0.5) is 5.69 Å². The molecule has 0 aliphatic rings. The summed E-state index contributed by atoms with van der Waals surface area (Å²) in [4.78, 5) is 16.3. The highest BCUT2D eigenvalue weighted by atomic mass is 35.5. The molecule has 1 aromatic heterocycles. The Labute approximate surface area is 135 Å². The lowest BCUT2D eigenvalue weighted by Gasteiger charge is -2.09. The van der Waals surface area contributed by atoms with E-state index in [4.69, 9.17) is 11.6 Å². The summed E-state index contributed by atoms with van der Waals surface area (Å²) in [5.74, 6) is 0.342. The van der Waals surface area contributed by atoms with E-state index >= 15 is 0 Å². The molecule has 0 saturated carbocycles. The lowest BCUT2D eigenvalue weighted by molar-refractivity contribution is 0.0946. The number of carbonyl (C=O) groups excluding carboxylic acids is 1. The Morgan fingerprint density at radius 2 is 2.00 bits per heavy atom. The van der Waals surface area contributed by atoms with Crippen molar-refractivity contribution in [2.24, 2.45) is 5.92 Å². The molecule has 0 atom stereocenters. The van der Waals surface area contributed by atoms with E-state index in [9.17, 15) is 4.79 Å². The quantitative estimate of drug-likeness (QED) is 0.853. The number of aromatic nitrogens is 1. The molecular formula is C17H20ClN3O. The van der Waals surface area contributed by atoms with Crippen molar-refractivity contribution in [1.82, 2.24) is 10.3 Å². The van der Waals surface area contributed by atoms with E-state index in [1.54, 1.807) is 18.3 Å². The van der Waals surface area contributed by atoms with Crippen molar-refractivity contribution in [2.45, 2.75) is 20.4 Å². The predicted octanol–water partition coefficient (Wildman–Crippen LogP) is 3.73. The molecule has 0 radical (unpaired) electrons. The minimum atomic E-state index is -0.213. The van der Waals surface area contributed by atoms with Gasteiger partial charge in [0.05, 0.1) is 11.9 Å². The molecule has 22 heavy (non-hydrogen) atoms. The second-order valence-corrected chi connectivity index (χ2v) is 5.89. The summed E-state index contributed by atoms with van der Waals surface area (Å²) in [6.07, 6.45) is 1.67. The highest BCUT2D eigenvalue weighted by molar-refractivity contribution is 6.31. The zero-order valence-electron chi connectivity index (χ0n) is 12.8. The first-order valence-corrected chi connectivity index (χ1v) is 7.65. The molecule has 0 fully saturated rings. The zero-order valence-corrected chi connectivity index (χ0v) is 13.5. The van der Waals surface area contributed by atoms with Gasteiger partial charge in [0.25, 0.3) is 5.91 Å². The third kappa shape index (κ3) is 4.74. The summed E-state index contributed by atoms with van der Waals surface area (Å²) in [6, 6.07) is 11.0. The second kappa shape index (κ2) is 7.80. The number of amides is 1. The van der Waals surface area contributed by atoms with Crippen LogP contribution in [0.5, 0.6) is 0 Å². The topological polar surface area (TPSA) is 54.0 Å². The molecule has 0 saturated heterocycles. The van der Waals surface area contributed by atoms with Crippen LogP contribution in [0.1, 0.15) is 29.9 Å². The Hall–Kier alpha value is -2.07. The van der Waals surface area contributed by atoms with Gasteiger partial charge >= 0.3 is 0 Å². The van der Waals surface area contributed by atoms with Crippen molar-refractivity contribution < 1.29 is 4.79 Å². The van der Waals surface area contributed by atoms with Crippen molar-refractivity contribution in [2.75, 3.05) is 11.9 Å². The highest BCUT2D eigenvalue weighted by Gasteiger charge is 2.08. The molecule has 1 amide bonds. The fourth-order valence-electron chi connectivity index (χ4n) is 1.86. The van der Waals surface area contributed by atoms with E-state index in [0.717, 1.165) is 17.8 Å². The van der Waals surface area contributed by atoms with Crippen LogP contribution in [0.15, 0.2) is 42.6 Å². The molecule has 2 aromatic rings. The van der Waals surface area contributed by atoms with E-state index in [0.29, 0.717) is 23.2 Å². The number of hydrogen-bond donors (Lipinski definition) is 2. The van der Waals surface area contributed by atoms with Gasteiger partial charge in [-0.25, -0.2) is 4.98 Å². The Morgan fingerprint density at radius 1 is 1.23 bits per heavy atom. The van der Waals surface area contributed by atoms with Crippen LogP contribution >= 0.6 is 11.6 Å². The first-order chi connectivity index (χ1) is 10.6. The Morgan fingerprint density at radius 3 is 2.64 bits per heavy atom. The van der Waals surface area contributed by atoms with Crippen LogP contribution in [0.2, 0.25) is 5.02 Å².